The average Bonchev–Trinajstić information content (AvgIpc) is 2.48. The van der Waals surface area contributed by atoms with Crippen molar-refractivity contribution in [3.63, 3.8) is 0 Å². The maximum Gasteiger partial charge on any atom is 0.276 e. The summed E-state index contributed by atoms with van der Waals surface area (Å²) in [6, 6.07) is 7.51. The fraction of sp³-hybridized carbons (Fsp3) is 0.0714. The van der Waals surface area contributed by atoms with E-state index in [2.05, 4.69) is 27.4 Å². The topological polar surface area (TPSA) is 101 Å². The van der Waals surface area contributed by atoms with E-state index < -0.39 is 5.91 Å². The second-order valence-electron chi connectivity index (χ2n) is 3.96. The zero-order chi connectivity index (χ0) is 15.2. The molecular weight excluding hydrogens is 292 g/mol. The Labute approximate surface area is 125 Å². The Morgan fingerprint density at radius 1 is 1.38 bits per heavy atom. The molecule has 6 nitrogen and oxygen atoms in total. The molecule has 0 saturated carbocycles. The van der Waals surface area contributed by atoms with Crippen molar-refractivity contribution in [3.8, 4) is 11.8 Å². The summed E-state index contributed by atoms with van der Waals surface area (Å²) in [6.07, 6.45) is 0. The lowest BCUT2D eigenvalue weighted by Crippen LogP contribution is -2.17. The Kier molecular flexibility index (Phi) is 4.72. The molecule has 0 spiro atoms. The van der Waals surface area contributed by atoms with Crippen molar-refractivity contribution in [2.45, 2.75) is 0 Å². The van der Waals surface area contributed by atoms with Crippen LogP contribution >= 0.6 is 11.6 Å². The van der Waals surface area contributed by atoms with Gasteiger partial charge in [0, 0.05) is 11.6 Å². The van der Waals surface area contributed by atoms with E-state index in [0.717, 1.165) is 0 Å². The van der Waals surface area contributed by atoms with E-state index in [1.54, 1.807) is 18.2 Å². The molecule has 0 bridgehead atoms. The third kappa shape index (κ3) is 3.92. The number of carbonyl (C=O) groups is 1. The third-order valence-electron chi connectivity index (χ3n) is 2.46. The average molecular weight is 303 g/mol. The van der Waals surface area contributed by atoms with Crippen LogP contribution in [0.4, 0.5) is 5.69 Å². The van der Waals surface area contributed by atoms with Crippen LogP contribution in [0.25, 0.3) is 0 Å². The number of halogens is 1. The number of carbonyl (C=O) groups excluding carboxylic acids is 1. The van der Waals surface area contributed by atoms with Crippen molar-refractivity contribution >= 4 is 23.2 Å². The standard InChI is InChI=1S/C14H11ClN4O2/c15-10-4-3-9(2-1-7-16)8-12(10)17-14(21)11-5-6-13(20)19-18-11/h3-6,8H,7,16H2,(H,17,21)(H,19,20). The van der Waals surface area contributed by atoms with E-state index in [4.69, 9.17) is 17.3 Å². The van der Waals surface area contributed by atoms with Gasteiger partial charge in [-0.3, -0.25) is 9.59 Å². The highest BCUT2D eigenvalue weighted by Crippen LogP contribution is 2.23. The molecule has 0 aliphatic rings. The molecule has 106 valence electrons. The molecule has 4 N–H and O–H groups in total. The van der Waals surface area contributed by atoms with Gasteiger partial charge in [0.25, 0.3) is 11.5 Å². The lowest BCUT2D eigenvalue weighted by molar-refractivity contribution is 0.102. The van der Waals surface area contributed by atoms with Crippen LogP contribution < -0.4 is 16.6 Å². The van der Waals surface area contributed by atoms with Crippen LogP contribution in [-0.4, -0.2) is 22.6 Å². The maximum absolute atomic E-state index is 12.0. The molecule has 0 aliphatic carbocycles. The van der Waals surface area contributed by atoms with Gasteiger partial charge in [-0.2, -0.15) is 5.10 Å². The lowest BCUT2D eigenvalue weighted by atomic mass is 10.2. The molecule has 1 aromatic heterocycles. The molecule has 1 heterocycles. The van der Waals surface area contributed by atoms with Crippen molar-refractivity contribution in [2.75, 3.05) is 11.9 Å². The second-order valence-corrected chi connectivity index (χ2v) is 4.37. The summed E-state index contributed by atoms with van der Waals surface area (Å²) >= 11 is 6.02. The monoisotopic (exact) mass is 302 g/mol. The van der Waals surface area contributed by atoms with Gasteiger partial charge in [0.15, 0.2) is 0 Å². The van der Waals surface area contributed by atoms with E-state index in [0.29, 0.717) is 16.3 Å². The number of hydrogen-bond acceptors (Lipinski definition) is 4. The van der Waals surface area contributed by atoms with Crippen molar-refractivity contribution in [2.24, 2.45) is 5.73 Å². The summed E-state index contributed by atoms with van der Waals surface area (Å²) in [5, 5.41) is 8.80. The highest BCUT2D eigenvalue weighted by molar-refractivity contribution is 6.33. The van der Waals surface area contributed by atoms with Gasteiger partial charge in [-0.1, -0.05) is 23.4 Å². The van der Waals surface area contributed by atoms with Gasteiger partial charge in [-0.05, 0) is 24.3 Å². The summed E-state index contributed by atoms with van der Waals surface area (Å²) < 4.78 is 0. The van der Waals surface area contributed by atoms with Crippen LogP contribution in [0.2, 0.25) is 5.02 Å². The Morgan fingerprint density at radius 3 is 2.86 bits per heavy atom. The number of nitrogens with two attached hydrogens (primary N) is 1. The molecule has 21 heavy (non-hydrogen) atoms. The summed E-state index contributed by atoms with van der Waals surface area (Å²) in [6.45, 7) is 0.242. The van der Waals surface area contributed by atoms with Crippen LogP contribution in [0.5, 0.6) is 0 Å². The minimum absolute atomic E-state index is 0.0733. The minimum atomic E-state index is -0.489. The summed E-state index contributed by atoms with van der Waals surface area (Å²) in [4.78, 5) is 22.9. The first-order chi connectivity index (χ1) is 10.1. The van der Waals surface area contributed by atoms with Crippen molar-refractivity contribution in [3.05, 3.63) is 57.0 Å². The molecule has 0 radical (unpaired) electrons. The number of anilines is 1. The first kappa shape index (κ1) is 14.8. The van der Waals surface area contributed by atoms with E-state index in [1.165, 1.54) is 12.1 Å². The van der Waals surface area contributed by atoms with E-state index in [-0.39, 0.29) is 17.8 Å². The molecule has 2 rings (SSSR count). The van der Waals surface area contributed by atoms with Gasteiger partial charge in [0.2, 0.25) is 0 Å². The van der Waals surface area contributed by atoms with E-state index >= 15 is 0 Å². The molecule has 1 aromatic carbocycles. The zero-order valence-electron chi connectivity index (χ0n) is 10.8. The van der Waals surface area contributed by atoms with Gasteiger partial charge >= 0.3 is 0 Å². The Balaban J connectivity index is 2.24. The molecule has 0 fully saturated rings. The molecule has 0 atom stereocenters. The molecular formula is C14H11ClN4O2. The Morgan fingerprint density at radius 2 is 2.19 bits per heavy atom. The molecule has 1 amide bonds. The van der Waals surface area contributed by atoms with Crippen LogP contribution in [0.3, 0.4) is 0 Å². The quantitative estimate of drug-likeness (QED) is 0.720. The van der Waals surface area contributed by atoms with Crippen molar-refractivity contribution < 1.29 is 4.79 Å². The zero-order valence-corrected chi connectivity index (χ0v) is 11.6. The van der Waals surface area contributed by atoms with E-state index in [9.17, 15) is 9.59 Å². The summed E-state index contributed by atoms with van der Waals surface area (Å²) in [7, 11) is 0. The summed E-state index contributed by atoms with van der Waals surface area (Å²) in [5.41, 5.74) is 6.07. The fourth-order valence-corrected chi connectivity index (χ4v) is 1.67. The molecule has 7 heteroatoms. The Bertz CT molecular complexity index is 769. The third-order valence-corrected chi connectivity index (χ3v) is 2.79. The number of aromatic nitrogens is 2. The first-order valence-electron chi connectivity index (χ1n) is 5.95. The van der Waals surface area contributed by atoms with Crippen LogP contribution in [0.15, 0.2) is 35.1 Å². The second kappa shape index (κ2) is 6.70. The van der Waals surface area contributed by atoms with Gasteiger partial charge in [-0.15, -0.1) is 0 Å². The Hall–Kier alpha value is -2.62. The van der Waals surface area contributed by atoms with Gasteiger partial charge in [-0.25, -0.2) is 5.10 Å². The van der Waals surface area contributed by atoms with Gasteiger partial charge < -0.3 is 11.1 Å². The minimum Gasteiger partial charge on any atom is -0.320 e. The molecule has 2 aromatic rings. The van der Waals surface area contributed by atoms with Crippen molar-refractivity contribution in [1.82, 2.24) is 10.2 Å². The largest absolute Gasteiger partial charge is 0.320 e. The van der Waals surface area contributed by atoms with Crippen LogP contribution in [-0.2, 0) is 0 Å². The van der Waals surface area contributed by atoms with Crippen LogP contribution in [0, 0.1) is 11.8 Å². The SMILES string of the molecule is NCC#Cc1ccc(Cl)c(NC(=O)c2ccc(=O)[nH]n2)c1. The number of rotatable bonds is 2. The normalized spacial score (nSPS) is 9.62. The highest BCUT2D eigenvalue weighted by Gasteiger charge is 2.10. The molecule has 0 aliphatic heterocycles. The number of aromatic amines is 1. The highest BCUT2D eigenvalue weighted by atomic mass is 35.5. The number of amides is 1. The van der Waals surface area contributed by atoms with Gasteiger partial charge in [0.05, 0.1) is 17.3 Å². The first-order valence-corrected chi connectivity index (χ1v) is 6.33. The van der Waals surface area contributed by atoms with Crippen LogP contribution in [0.1, 0.15) is 16.1 Å². The number of benzene rings is 1. The smallest absolute Gasteiger partial charge is 0.276 e. The number of nitrogens with zero attached hydrogens (tertiary/aromatic N) is 1. The number of nitrogens with one attached hydrogen (secondary N) is 2. The maximum atomic E-state index is 12.0. The summed E-state index contributed by atoms with van der Waals surface area (Å²) in [5.74, 6) is 5.07. The number of hydrogen-bond donors (Lipinski definition) is 3. The van der Waals surface area contributed by atoms with Gasteiger partial charge in [0.1, 0.15) is 5.69 Å². The van der Waals surface area contributed by atoms with Crippen molar-refractivity contribution in [1.29, 1.82) is 0 Å². The predicted molar refractivity (Wildman–Crippen MR) is 80.2 cm³/mol. The molecule has 0 unspecified atom stereocenters. The molecule has 0 saturated heterocycles. The number of H-pyrrole nitrogens is 1. The van der Waals surface area contributed by atoms with E-state index in [1.807, 2.05) is 0 Å². The fourth-order valence-electron chi connectivity index (χ4n) is 1.51. The predicted octanol–water partition coefficient (Wildman–Crippen LogP) is 0.986. The lowest BCUT2D eigenvalue weighted by Gasteiger charge is -2.07.